The zero-order valence-corrected chi connectivity index (χ0v) is 7.44. The Balaban J connectivity index is 4.12. The average Bonchev–Trinajstić information content (AvgIpc) is 1.86. The van der Waals surface area contributed by atoms with Crippen LogP contribution in [-0.4, -0.2) is 23.1 Å². The summed E-state index contributed by atoms with van der Waals surface area (Å²) in [4.78, 5) is 21.4. The van der Waals surface area contributed by atoms with E-state index in [2.05, 4.69) is 17.9 Å². The molecule has 0 bridgehead atoms. The van der Waals surface area contributed by atoms with Crippen molar-refractivity contribution >= 4 is 24.4 Å². The van der Waals surface area contributed by atoms with Crippen LogP contribution in [0.3, 0.4) is 0 Å². The highest BCUT2D eigenvalue weighted by molar-refractivity contribution is 7.81. The van der Waals surface area contributed by atoms with E-state index in [0.717, 1.165) is 0 Å². The second kappa shape index (κ2) is 3.61. The first-order chi connectivity index (χ1) is 4.90. The van der Waals surface area contributed by atoms with Crippen molar-refractivity contribution in [3.05, 3.63) is 0 Å². The molecule has 0 aromatic carbocycles. The van der Waals surface area contributed by atoms with Crippen LogP contribution in [0.2, 0.25) is 0 Å². The maximum Gasteiger partial charge on any atom is 0.242 e. The number of thiol groups is 1. The average molecular weight is 176 g/mol. The van der Waals surface area contributed by atoms with Crippen LogP contribution >= 0.6 is 12.6 Å². The largest absolute Gasteiger partial charge is 0.368 e. The van der Waals surface area contributed by atoms with E-state index in [-0.39, 0.29) is 11.7 Å². The molecule has 0 heterocycles. The summed E-state index contributed by atoms with van der Waals surface area (Å²) < 4.78 is 0. The molecule has 2 amide bonds. The molecular formula is C6H12N2O2S. The Morgan fingerprint density at radius 1 is 1.55 bits per heavy atom. The minimum atomic E-state index is -0.986. The van der Waals surface area contributed by atoms with Crippen molar-refractivity contribution in [2.45, 2.75) is 19.4 Å². The van der Waals surface area contributed by atoms with Gasteiger partial charge in [-0.05, 0) is 13.8 Å². The normalized spacial score (nSPS) is 10.8. The fourth-order valence-electron chi connectivity index (χ4n) is 0.450. The molecule has 11 heavy (non-hydrogen) atoms. The lowest BCUT2D eigenvalue weighted by atomic mass is 10.1. The van der Waals surface area contributed by atoms with Crippen LogP contribution in [0.4, 0.5) is 0 Å². The van der Waals surface area contributed by atoms with Gasteiger partial charge in [0.05, 0.1) is 5.75 Å². The molecule has 0 unspecified atom stereocenters. The summed E-state index contributed by atoms with van der Waals surface area (Å²) >= 11 is 3.73. The monoisotopic (exact) mass is 176 g/mol. The lowest BCUT2D eigenvalue weighted by Crippen LogP contribution is -2.53. The van der Waals surface area contributed by atoms with E-state index in [9.17, 15) is 9.59 Å². The van der Waals surface area contributed by atoms with Gasteiger partial charge in [-0.25, -0.2) is 0 Å². The summed E-state index contributed by atoms with van der Waals surface area (Å²) in [5.41, 5.74) is 4.01. The number of carbonyl (C=O) groups excluding carboxylic acids is 2. The summed E-state index contributed by atoms with van der Waals surface area (Å²) in [6, 6.07) is 0. The summed E-state index contributed by atoms with van der Waals surface area (Å²) in [5, 5.41) is 2.42. The zero-order valence-electron chi connectivity index (χ0n) is 6.55. The van der Waals surface area contributed by atoms with Crippen molar-refractivity contribution in [3.8, 4) is 0 Å². The molecule has 4 nitrogen and oxygen atoms in total. The van der Waals surface area contributed by atoms with Crippen LogP contribution in [0.15, 0.2) is 0 Å². The first-order valence-corrected chi connectivity index (χ1v) is 3.75. The van der Waals surface area contributed by atoms with Gasteiger partial charge in [-0.15, -0.1) is 0 Å². The maximum atomic E-state index is 10.7. The Morgan fingerprint density at radius 2 is 2.00 bits per heavy atom. The summed E-state index contributed by atoms with van der Waals surface area (Å²) in [6.07, 6.45) is 0. The molecule has 0 saturated heterocycles. The number of amides is 2. The van der Waals surface area contributed by atoms with Crippen LogP contribution in [-0.2, 0) is 9.59 Å². The third-order valence-corrected chi connectivity index (χ3v) is 1.50. The zero-order chi connectivity index (χ0) is 9.07. The molecule has 0 aliphatic heterocycles. The Hall–Kier alpha value is -0.710. The van der Waals surface area contributed by atoms with Gasteiger partial charge in [0, 0.05) is 0 Å². The van der Waals surface area contributed by atoms with E-state index in [4.69, 9.17) is 5.73 Å². The number of hydrogen-bond donors (Lipinski definition) is 3. The fraction of sp³-hybridized carbons (Fsp3) is 0.667. The Kier molecular flexibility index (Phi) is 3.38. The van der Waals surface area contributed by atoms with E-state index < -0.39 is 11.4 Å². The number of primary amides is 1. The molecule has 0 aromatic heterocycles. The third-order valence-electron chi connectivity index (χ3n) is 1.21. The standard InChI is InChI=1S/C6H12N2O2S/c1-6(2,5(7)10)8-4(9)3-11/h11H,3H2,1-2H3,(H2,7,10)(H,8,9). The highest BCUT2D eigenvalue weighted by atomic mass is 32.1. The molecule has 0 saturated carbocycles. The van der Waals surface area contributed by atoms with Crippen LogP contribution in [0, 0.1) is 0 Å². The van der Waals surface area contributed by atoms with E-state index in [0.29, 0.717) is 0 Å². The molecule has 0 rings (SSSR count). The van der Waals surface area contributed by atoms with Gasteiger partial charge in [0.2, 0.25) is 11.8 Å². The highest BCUT2D eigenvalue weighted by Gasteiger charge is 2.25. The van der Waals surface area contributed by atoms with Crippen molar-refractivity contribution in [2.75, 3.05) is 5.75 Å². The molecular weight excluding hydrogens is 164 g/mol. The number of carbonyl (C=O) groups is 2. The third kappa shape index (κ3) is 3.27. The lowest BCUT2D eigenvalue weighted by Gasteiger charge is -2.21. The molecule has 0 spiro atoms. The number of nitrogens with two attached hydrogens (primary N) is 1. The van der Waals surface area contributed by atoms with Crippen molar-refractivity contribution in [1.29, 1.82) is 0 Å². The molecule has 0 aliphatic carbocycles. The topological polar surface area (TPSA) is 72.2 Å². The van der Waals surface area contributed by atoms with Crippen molar-refractivity contribution in [3.63, 3.8) is 0 Å². The molecule has 0 aliphatic rings. The maximum absolute atomic E-state index is 10.7. The van der Waals surface area contributed by atoms with Gasteiger partial charge in [-0.3, -0.25) is 9.59 Å². The minimum absolute atomic E-state index is 0.0523. The van der Waals surface area contributed by atoms with Gasteiger partial charge in [0.1, 0.15) is 5.54 Å². The first-order valence-electron chi connectivity index (χ1n) is 3.12. The number of hydrogen-bond acceptors (Lipinski definition) is 3. The van der Waals surface area contributed by atoms with Gasteiger partial charge in [0.25, 0.3) is 0 Å². The summed E-state index contributed by atoms with van der Waals surface area (Å²) in [5.74, 6) is -0.818. The molecule has 0 radical (unpaired) electrons. The van der Waals surface area contributed by atoms with Crippen LogP contribution < -0.4 is 11.1 Å². The first kappa shape index (κ1) is 10.3. The SMILES string of the molecule is CC(C)(NC(=O)CS)C(N)=O. The minimum Gasteiger partial charge on any atom is -0.368 e. The van der Waals surface area contributed by atoms with Gasteiger partial charge in [0.15, 0.2) is 0 Å². The molecule has 0 aromatic rings. The van der Waals surface area contributed by atoms with Crippen molar-refractivity contribution in [2.24, 2.45) is 5.73 Å². The Morgan fingerprint density at radius 3 is 2.27 bits per heavy atom. The molecule has 64 valence electrons. The number of rotatable bonds is 3. The van der Waals surface area contributed by atoms with Crippen LogP contribution in [0.25, 0.3) is 0 Å². The predicted molar refractivity (Wildman–Crippen MR) is 45.3 cm³/mol. The van der Waals surface area contributed by atoms with Gasteiger partial charge >= 0.3 is 0 Å². The van der Waals surface area contributed by atoms with Gasteiger partial charge in [-0.1, -0.05) is 0 Å². The van der Waals surface area contributed by atoms with Gasteiger partial charge in [-0.2, -0.15) is 12.6 Å². The quantitative estimate of drug-likeness (QED) is 0.497. The smallest absolute Gasteiger partial charge is 0.242 e. The van der Waals surface area contributed by atoms with E-state index in [1.165, 1.54) is 13.8 Å². The van der Waals surface area contributed by atoms with Crippen molar-refractivity contribution in [1.82, 2.24) is 5.32 Å². The molecule has 3 N–H and O–H groups in total. The second-order valence-corrected chi connectivity index (χ2v) is 3.01. The van der Waals surface area contributed by atoms with Crippen LogP contribution in [0.1, 0.15) is 13.8 Å². The second-order valence-electron chi connectivity index (χ2n) is 2.70. The predicted octanol–water partition coefficient (Wildman–Crippen LogP) is -0.704. The Bertz CT molecular complexity index is 179. The van der Waals surface area contributed by atoms with Crippen molar-refractivity contribution < 1.29 is 9.59 Å². The van der Waals surface area contributed by atoms with E-state index in [1.54, 1.807) is 0 Å². The fourth-order valence-corrected chi connectivity index (χ4v) is 0.529. The van der Waals surface area contributed by atoms with E-state index >= 15 is 0 Å². The summed E-state index contributed by atoms with van der Waals surface area (Å²) in [7, 11) is 0. The van der Waals surface area contributed by atoms with Gasteiger partial charge < -0.3 is 11.1 Å². The highest BCUT2D eigenvalue weighted by Crippen LogP contribution is 1.99. The van der Waals surface area contributed by atoms with E-state index in [1.807, 2.05) is 0 Å². The molecule has 0 atom stereocenters. The summed E-state index contributed by atoms with van der Waals surface area (Å²) in [6.45, 7) is 3.08. The van der Waals surface area contributed by atoms with Crippen LogP contribution in [0.5, 0.6) is 0 Å². The number of nitrogens with one attached hydrogen (secondary N) is 1. The lowest BCUT2D eigenvalue weighted by molar-refractivity contribution is -0.129. The molecule has 0 fully saturated rings. The Labute approximate surface area is 70.9 Å². The molecule has 5 heteroatoms.